The van der Waals surface area contributed by atoms with Crippen LogP contribution >= 0.6 is 0 Å². The Bertz CT molecular complexity index is 362. The molecule has 18 heavy (non-hydrogen) atoms. The first-order valence-electron chi connectivity index (χ1n) is 6.54. The lowest BCUT2D eigenvalue weighted by Crippen LogP contribution is -2.35. The largest absolute Gasteiger partial charge is 0.480 e. The molecule has 1 rings (SSSR count). The predicted octanol–water partition coefficient (Wildman–Crippen LogP) is 3.23. The highest BCUT2D eigenvalue weighted by Crippen LogP contribution is 2.15. The van der Waals surface area contributed by atoms with E-state index in [9.17, 15) is 9.90 Å². The third-order valence-corrected chi connectivity index (χ3v) is 3.01. The number of carboxylic acids is 1. The molecule has 2 atom stereocenters. The number of carboxylic acid groups (broad SMARTS) is 1. The van der Waals surface area contributed by atoms with E-state index in [1.165, 1.54) is 0 Å². The van der Waals surface area contributed by atoms with Gasteiger partial charge in [0.1, 0.15) is 6.04 Å². The molecule has 2 unspecified atom stereocenters. The highest BCUT2D eigenvalue weighted by atomic mass is 16.4. The van der Waals surface area contributed by atoms with Crippen LogP contribution in [-0.4, -0.2) is 17.1 Å². The van der Waals surface area contributed by atoms with Gasteiger partial charge in [-0.1, -0.05) is 44.2 Å². The maximum absolute atomic E-state index is 11.3. The Labute approximate surface area is 109 Å². The zero-order valence-electron chi connectivity index (χ0n) is 11.4. The second-order valence-corrected chi connectivity index (χ2v) is 5.22. The molecule has 1 aromatic carbocycles. The number of benzene rings is 1. The van der Waals surface area contributed by atoms with Crippen molar-refractivity contribution >= 4 is 5.97 Å². The van der Waals surface area contributed by atoms with Gasteiger partial charge in [-0.25, -0.2) is 0 Å². The fourth-order valence-corrected chi connectivity index (χ4v) is 1.91. The molecule has 0 radical (unpaired) electrons. The number of carbonyl (C=O) groups is 1. The summed E-state index contributed by atoms with van der Waals surface area (Å²) in [7, 11) is 0. The van der Waals surface area contributed by atoms with Crippen LogP contribution in [0.1, 0.15) is 45.2 Å². The molecular weight excluding hydrogens is 226 g/mol. The molecule has 100 valence electrons. The van der Waals surface area contributed by atoms with E-state index in [0.717, 1.165) is 18.4 Å². The van der Waals surface area contributed by atoms with Crippen LogP contribution in [0, 0.1) is 5.92 Å². The maximum atomic E-state index is 11.3. The monoisotopic (exact) mass is 249 g/mol. The summed E-state index contributed by atoms with van der Waals surface area (Å²) < 4.78 is 0. The van der Waals surface area contributed by atoms with Gasteiger partial charge in [0.25, 0.3) is 0 Å². The minimum Gasteiger partial charge on any atom is -0.480 e. The van der Waals surface area contributed by atoms with E-state index in [0.29, 0.717) is 5.92 Å². The van der Waals surface area contributed by atoms with Crippen LogP contribution in [0.15, 0.2) is 30.3 Å². The molecule has 0 fully saturated rings. The van der Waals surface area contributed by atoms with Crippen LogP contribution in [0.25, 0.3) is 0 Å². The number of aliphatic carboxylic acids is 1. The van der Waals surface area contributed by atoms with Crippen LogP contribution in [-0.2, 0) is 4.79 Å². The molecule has 0 saturated carbocycles. The van der Waals surface area contributed by atoms with Gasteiger partial charge in [-0.3, -0.25) is 10.1 Å². The molecule has 1 aromatic rings. The smallest absolute Gasteiger partial charge is 0.325 e. The van der Waals surface area contributed by atoms with Gasteiger partial charge in [0, 0.05) is 6.04 Å². The van der Waals surface area contributed by atoms with Crippen molar-refractivity contribution < 1.29 is 9.90 Å². The van der Waals surface area contributed by atoms with Crippen LogP contribution < -0.4 is 5.32 Å². The molecule has 0 aromatic heterocycles. The Morgan fingerprint density at radius 2 is 1.78 bits per heavy atom. The predicted molar refractivity (Wildman–Crippen MR) is 73.5 cm³/mol. The molecule has 3 nitrogen and oxygen atoms in total. The molecule has 0 aliphatic rings. The minimum atomic E-state index is -0.822. The van der Waals surface area contributed by atoms with E-state index in [4.69, 9.17) is 0 Å². The molecule has 0 aliphatic heterocycles. The first-order valence-corrected chi connectivity index (χ1v) is 6.54. The SMILES string of the molecule is CC(C)CCC(C)NC(C(=O)O)c1ccccc1. The van der Waals surface area contributed by atoms with Crippen LogP contribution in [0.3, 0.4) is 0 Å². The summed E-state index contributed by atoms with van der Waals surface area (Å²) in [6.45, 7) is 6.40. The lowest BCUT2D eigenvalue weighted by Gasteiger charge is -2.21. The molecule has 3 heteroatoms. The Morgan fingerprint density at radius 1 is 1.17 bits per heavy atom. The fraction of sp³-hybridized carbons (Fsp3) is 0.533. The number of hydrogen-bond donors (Lipinski definition) is 2. The molecule has 0 heterocycles. The van der Waals surface area contributed by atoms with Crippen molar-refractivity contribution in [3.63, 3.8) is 0 Å². The Kier molecular flexibility index (Phi) is 5.86. The number of rotatable bonds is 7. The maximum Gasteiger partial charge on any atom is 0.325 e. The first kappa shape index (κ1) is 14.7. The van der Waals surface area contributed by atoms with Gasteiger partial charge in [0.2, 0.25) is 0 Å². The van der Waals surface area contributed by atoms with Gasteiger partial charge in [0.05, 0.1) is 0 Å². The summed E-state index contributed by atoms with van der Waals surface area (Å²) in [4.78, 5) is 11.3. The van der Waals surface area contributed by atoms with Gasteiger partial charge in [-0.05, 0) is 31.2 Å². The molecule has 2 N–H and O–H groups in total. The molecule has 0 spiro atoms. The van der Waals surface area contributed by atoms with Gasteiger partial charge in [-0.15, -0.1) is 0 Å². The van der Waals surface area contributed by atoms with Crippen molar-refractivity contribution in [2.75, 3.05) is 0 Å². The van der Waals surface area contributed by atoms with E-state index in [1.54, 1.807) is 0 Å². The number of hydrogen-bond acceptors (Lipinski definition) is 2. The van der Waals surface area contributed by atoms with E-state index in [-0.39, 0.29) is 6.04 Å². The first-order chi connectivity index (χ1) is 8.50. The summed E-state index contributed by atoms with van der Waals surface area (Å²) in [6, 6.07) is 8.91. The normalized spacial score (nSPS) is 14.4. The standard InChI is InChI=1S/C15H23NO2/c1-11(2)9-10-12(3)16-14(15(17)18)13-7-5-4-6-8-13/h4-8,11-12,14,16H,9-10H2,1-3H3,(H,17,18). The third-order valence-electron chi connectivity index (χ3n) is 3.01. The van der Waals surface area contributed by atoms with E-state index < -0.39 is 12.0 Å². The van der Waals surface area contributed by atoms with Crippen molar-refractivity contribution in [2.24, 2.45) is 5.92 Å². The second kappa shape index (κ2) is 7.17. The van der Waals surface area contributed by atoms with Gasteiger partial charge >= 0.3 is 5.97 Å². The minimum absolute atomic E-state index is 0.203. The summed E-state index contributed by atoms with van der Waals surface area (Å²) in [5.74, 6) is -0.174. The zero-order valence-corrected chi connectivity index (χ0v) is 11.4. The Hall–Kier alpha value is -1.35. The highest BCUT2D eigenvalue weighted by Gasteiger charge is 2.21. The van der Waals surface area contributed by atoms with E-state index in [2.05, 4.69) is 19.2 Å². The zero-order chi connectivity index (χ0) is 13.5. The topological polar surface area (TPSA) is 49.3 Å². The van der Waals surface area contributed by atoms with Crippen molar-refractivity contribution in [2.45, 2.75) is 45.7 Å². The Balaban J connectivity index is 2.62. The fourth-order valence-electron chi connectivity index (χ4n) is 1.91. The third kappa shape index (κ3) is 4.88. The quantitative estimate of drug-likeness (QED) is 0.780. The number of nitrogens with one attached hydrogen (secondary N) is 1. The Morgan fingerprint density at radius 3 is 2.28 bits per heavy atom. The summed E-state index contributed by atoms with van der Waals surface area (Å²) in [5.41, 5.74) is 0.807. The summed E-state index contributed by atoms with van der Waals surface area (Å²) in [5, 5.41) is 12.5. The van der Waals surface area contributed by atoms with Crippen molar-refractivity contribution in [1.82, 2.24) is 5.32 Å². The average molecular weight is 249 g/mol. The highest BCUT2D eigenvalue weighted by molar-refractivity contribution is 5.75. The van der Waals surface area contributed by atoms with Gasteiger partial charge < -0.3 is 5.11 Å². The van der Waals surface area contributed by atoms with Crippen LogP contribution in [0.4, 0.5) is 0 Å². The van der Waals surface area contributed by atoms with Crippen LogP contribution in [0.5, 0.6) is 0 Å². The molecular formula is C15H23NO2. The lowest BCUT2D eigenvalue weighted by atomic mass is 10.0. The average Bonchev–Trinajstić information content (AvgIpc) is 2.34. The lowest BCUT2D eigenvalue weighted by molar-refractivity contribution is -0.139. The van der Waals surface area contributed by atoms with Gasteiger partial charge in [0.15, 0.2) is 0 Å². The second-order valence-electron chi connectivity index (χ2n) is 5.22. The van der Waals surface area contributed by atoms with Crippen molar-refractivity contribution in [3.8, 4) is 0 Å². The van der Waals surface area contributed by atoms with Crippen LogP contribution in [0.2, 0.25) is 0 Å². The molecule has 0 saturated heterocycles. The summed E-state index contributed by atoms with van der Waals surface area (Å²) in [6.07, 6.45) is 2.10. The summed E-state index contributed by atoms with van der Waals surface area (Å²) >= 11 is 0. The molecule has 0 amide bonds. The van der Waals surface area contributed by atoms with Gasteiger partial charge in [-0.2, -0.15) is 0 Å². The van der Waals surface area contributed by atoms with Crippen molar-refractivity contribution in [1.29, 1.82) is 0 Å². The van der Waals surface area contributed by atoms with Crippen molar-refractivity contribution in [3.05, 3.63) is 35.9 Å². The van der Waals surface area contributed by atoms with E-state index >= 15 is 0 Å². The van der Waals surface area contributed by atoms with E-state index in [1.807, 2.05) is 37.3 Å². The molecule has 0 bridgehead atoms. The molecule has 0 aliphatic carbocycles.